The van der Waals surface area contributed by atoms with E-state index >= 15 is 0 Å². The van der Waals surface area contributed by atoms with Crippen molar-refractivity contribution in [2.75, 3.05) is 0 Å². The monoisotopic (exact) mass is 244 g/mol. The number of aromatic nitrogens is 2. The second-order valence-corrected chi connectivity index (χ2v) is 5.05. The molecule has 1 aromatic carbocycles. The Morgan fingerprint density at radius 1 is 1.11 bits per heavy atom. The molecule has 0 saturated carbocycles. The number of nitrogens with zero attached hydrogens (tertiary/aromatic N) is 2. The van der Waals surface area contributed by atoms with Gasteiger partial charge in [-0.25, -0.2) is 0 Å². The van der Waals surface area contributed by atoms with Crippen LogP contribution in [0.1, 0.15) is 34.2 Å². The number of aryl methyl sites for hydroxylation is 4. The Hall–Kier alpha value is -1.61. The number of benzene rings is 1. The zero-order chi connectivity index (χ0) is 13.3. The summed E-state index contributed by atoms with van der Waals surface area (Å²) in [5, 5.41) is 14.6. The summed E-state index contributed by atoms with van der Waals surface area (Å²) in [4.78, 5) is 0. The average molecular weight is 244 g/mol. The minimum Gasteiger partial charge on any atom is -0.386 e. The highest BCUT2D eigenvalue weighted by molar-refractivity contribution is 5.29. The Balaban J connectivity index is 2.20. The van der Waals surface area contributed by atoms with Crippen molar-refractivity contribution in [1.29, 1.82) is 0 Å². The Bertz CT molecular complexity index is 537. The predicted molar refractivity (Wildman–Crippen MR) is 72.5 cm³/mol. The second-order valence-electron chi connectivity index (χ2n) is 5.05. The molecule has 1 atom stereocenters. The summed E-state index contributed by atoms with van der Waals surface area (Å²) in [6.07, 6.45) is 0.124. The number of rotatable bonds is 3. The van der Waals surface area contributed by atoms with E-state index in [2.05, 4.69) is 37.1 Å². The van der Waals surface area contributed by atoms with E-state index in [-0.39, 0.29) is 0 Å². The van der Waals surface area contributed by atoms with Gasteiger partial charge in [-0.1, -0.05) is 29.3 Å². The summed E-state index contributed by atoms with van der Waals surface area (Å²) < 4.78 is 1.75. The Labute approximate surface area is 108 Å². The van der Waals surface area contributed by atoms with Crippen LogP contribution in [-0.2, 0) is 13.5 Å². The molecule has 1 heterocycles. The van der Waals surface area contributed by atoms with Crippen LogP contribution in [0.2, 0.25) is 0 Å². The zero-order valence-electron chi connectivity index (χ0n) is 11.4. The van der Waals surface area contributed by atoms with Crippen LogP contribution >= 0.6 is 0 Å². The zero-order valence-corrected chi connectivity index (χ0v) is 11.4. The molecule has 0 bridgehead atoms. The lowest BCUT2D eigenvalue weighted by atomic mass is 10.0. The summed E-state index contributed by atoms with van der Waals surface area (Å²) in [7, 11) is 1.87. The van der Waals surface area contributed by atoms with Crippen molar-refractivity contribution < 1.29 is 5.11 Å². The van der Waals surface area contributed by atoms with Gasteiger partial charge in [-0.3, -0.25) is 4.68 Å². The Morgan fingerprint density at radius 3 is 2.22 bits per heavy atom. The number of hydrogen-bond donors (Lipinski definition) is 1. The maximum Gasteiger partial charge on any atom is 0.0996 e. The summed E-state index contributed by atoms with van der Waals surface area (Å²) in [5.41, 5.74) is 5.44. The SMILES string of the molecule is Cc1cc(C)cc(CC(O)c2cc(C)nn2C)c1. The van der Waals surface area contributed by atoms with Gasteiger partial charge in [0.05, 0.1) is 17.5 Å². The second kappa shape index (κ2) is 4.94. The first-order valence-electron chi connectivity index (χ1n) is 6.21. The van der Waals surface area contributed by atoms with Crippen LogP contribution in [0, 0.1) is 20.8 Å². The van der Waals surface area contributed by atoms with Gasteiger partial charge in [0.1, 0.15) is 0 Å². The largest absolute Gasteiger partial charge is 0.386 e. The molecule has 0 spiro atoms. The lowest BCUT2D eigenvalue weighted by molar-refractivity contribution is 0.168. The van der Waals surface area contributed by atoms with Crippen LogP contribution in [0.4, 0.5) is 0 Å². The lowest BCUT2D eigenvalue weighted by Crippen LogP contribution is -2.08. The van der Waals surface area contributed by atoms with Crippen molar-refractivity contribution in [3.05, 3.63) is 52.3 Å². The van der Waals surface area contributed by atoms with E-state index < -0.39 is 6.10 Å². The van der Waals surface area contributed by atoms with E-state index in [9.17, 15) is 5.11 Å². The number of hydrogen-bond acceptors (Lipinski definition) is 2. The average Bonchev–Trinajstić information content (AvgIpc) is 2.56. The highest BCUT2D eigenvalue weighted by Crippen LogP contribution is 2.20. The number of aliphatic hydroxyl groups excluding tert-OH is 1. The lowest BCUT2D eigenvalue weighted by Gasteiger charge is -2.12. The van der Waals surface area contributed by atoms with Gasteiger partial charge in [-0.15, -0.1) is 0 Å². The van der Waals surface area contributed by atoms with Crippen molar-refractivity contribution in [2.45, 2.75) is 33.3 Å². The van der Waals surface area contributed by atoms with Gasteiger partial charge >= 0.3 is 0 Å². The highest BCUT2D eigenvalue weighted by atomic mass is 16.3. The summed E-state index contributed by atoms with van der Waals surface area (Å²) in [6, 6.07) is 8.33. The molecule has 0 aliphatic heterocycles. The Morgan fingerprint density at radius 2 is 1.72 bits per heavy atom. The van der Waals surface area contributed by atoms with E-state index in [1.54, 1.807) is 4.68 Å². The van der Waals surface area contributed by atoms with Gasteiger partial charge in [-0.05, 0) is 32.4 Å². The summed E-state index contributed by atoms with van der Waals surface area (Å²) >= 11 is 0. The van der Waals surface area contributed by atoms with Crippen LogP contribution in [0.25, 0.3) is 0 Å². The molecule has 1 unspecified atom stereocenters. The molecule has 0 aliphatic rings. The third-order valence-corrected chi connectivity index (χ3v) is 3.09. The smallest absolute Gasteiger partial charge is 0.0996 e. The molecule has 18 heavy (non-hydrogen) atoms. The first kappa shape index (κ1) is 12.8. The van der Waals surface area contributed by atoms with E-state index in [4.69, 9.17) is 0 Å². The van der Waals surface area contributed by atoms with Gasteiger partial charge in [0, 0.05) is 13.5 Å². The minimum atomic E-state index is -0.502. The third kappa shape index (κ3) is 2.79. The standard InChI is InChI=1S/C15H20N2O/c1-10-5-11(2)7-13(6-10)9-15(18)14-8-12(3)16-17(14)4/h5-8,15,18H,9H2,1-4H3. The van der Waals surface area contributed by atoms with Crippen molar-refractivity contribution >= 4 is 0 Å². The van der Waals surface area contributed by atoms with Crippen LogP contribution in [0.15, 0.2) is 24.3 Å². The molecule has 96 valence electrons. The molecule has 0 radical (unpaired) electrons. The van der Waals surface area contributed by atoms with Gasteiger partial charge in [0.2, 0.25) is 0 Å². The highest BCUT2D eigenvalue weighted by Gasteiger charge is 2.13. The molecular weight excluding hydrogens is 224 g/mol. The van der Waals surface area contributed by atoms with Gasteiger partial charge in [0.25, 0.3) is 0 Å². The van der Waals surface area contributed by atoms with E-state index in [1.165, 1.54) is 16.7 Å². The van der Waals surface area contributed by atoms with Crippen LogP contribution in [0.3, 0.4) is 0 Å². The molecule has 2 aromatic rings. The van der Waals surface area contributed by atoms with Crippen LogP contribution in [0.5, 0.6) is 0 Å². The fraction of sp³-hybridized carbons (Fsp3) is 0.400. The topological polar surface area (TPSA) is 38.1 Å². The van der Waals surface area contributed by atoms with Gasteiger partial charge < -0.3 is 5.11 Å². The number of aliphatic hydroxyl groups is 1. The Kier molecular flexibility index (Phi) is 3.53. The van der Waals surface area contributed by atoms with E-state index in [1.807, 2.05) is 20.0 Å². The molecule has 0 fully saturated rings. The fourth-order valence-corrected chi connectivity index (χ4v) is 2.46. The van der Waals surface area contributed by atoms with Crippen LogP contribution in [-0.4, -0.2) is 14.9 Å². The minimum absolute atomic E-state index is 0.502. The van der Waals surface area contributed by atoms with Crippen molar-refractivity contribution in [2.24, 2.45) is 7.05 Å². The van der Waals surface area contributed by atoms with E-state index in [0.717, 1.165) is 11.4 Å². The first-order chi connectivity index (χ1) is 8.45. The molecule has 1 aromatic heterocycles. The molecule has 0 saturated heterocycles. The molecule has 0 amide bonds. The molecule has 3 nitrogen and oxygen atoms in total. The van der Waals surface area contributed by atoms with Crippen LogP contribution < -0.4 is 0 Å². The van der Waals surface area contributed by atoms with Crippen molar-refractivity contribution in [3.63, 3.8) is 0 Å². The summed E-state index contributed by atoms with van der Waals surface area (Å²) in [5.74, 6) is 0. The van der Waals surface area contributed by atoms with Gasteiger partial charge in [0.15, 0.2) is 0 Å². The first-order valence-corrected chi connectivity index (χ1v) is 6.21. The normalized spacial score (nSPS) is 12.7. The molecular formula is C15H20N2O. The maximum atomic E-state index is 10.3. The maximum absolute atomic E-state index is 10.3. The van der Waals surface area contributed by atoms with Crippen molar-refractivity contribution in [3.8, 4) is 0 Å². The van der Waals surface area contributed by atoms with Gasteiger partial charge in [-0.2, -0.15) is 5.10 Å². The van der Waals surface area contributed by atoms with Crippen molar-refractivity contribution in [1.82, 2.24) is 9.78 Å². The quantitative estimate of drug-likeness (QED) is 0.901. The molecule has 2 rings (SSSR count). The third-order valence-electron chi connectivity index (χ3n) is 3.09. The molecule has 0 aliphatic carbocycles. The molecule has 3 heteroatoms. The summed E-state index contributed by atoms with van der Waals surface area (Å²) in [6.45, 7) is 6.10. The fourth-order valence-electron chi connectivity index (χ4n) is 2.46. The predicted octanol–water partition coefficient (Wildman–Crippen LogP) is 2.62. The van der Waals surface area contributed by atoms with E-state index in [0.29, 0.717) is 6.42 Å². The molecule has 1 N–H and O–H groups in total.